The molecule has 0 aliphatic carbocycles. The molecule has 3 aromatic carbocycles. The van der Waals surface area contributed by atoms with Crippen molar-refractivity contribution < 1.29 is 96.4 Å². The number of carbonyl (C=O) groups excluding carboxylic acids is 6. The SMILES string of the molecule is [2H]c1c(C([2H])([2H])[2H])cc(C([2H])([2H])[2H])c(NC(=O)c2sccc2S(=O)(=O)Nc2onc(C)c2C([2H])([2H])[2H])c1C(C)=O.[2H]c1c(C([2H])([2H])[2H])cc(C([2H])([2H])[2H])c(NC(=O)c2sccc2S(=O)(=O)Nc2onc(C)c2C)c1C(C)=O.[2H]c1c(C)cc(C)c(NC(=O)c2sccc2S(=O)(=O)Nc2onc(C)c2C([2H])([2H])[2H])c1C(C)=O. The monoisotopic (exact) mass is 1360 g/mol. The lowest BCUT2D eigenvalue weighted by molar-refractivity contribution is 0.100. The molecule has 30 heteroatoms. The van der Waals surface area contributed by atoms with Crippen LogP contribution in [0.1, 0.15) is 177 Å². The van der Waals surface area contributed by atoms with Crippen molar-refractivity contribution >= 4 is 134 Å². The molecule has 90 heavy (non-hydrogen) atoms. The van der Waals surface area contributed by atoms with Gasteiger partial charge in [-0.25, -0.2) is 39.4 Å². The molecule has 0 unspecified atom stereocenters. The largest absolute Gasteiger partial charge is 0.337 e. The Balaban J connectivity index is 0.000000232. The summed E-state index contributed by atoms with van der Waals surface area (Å²) in [5.74, 6) is -6.73. The van der Waals surface area contributed by atoms with Crippen LogP contribution in [0.3, 0.4) is 0 Å². The van der Waals surface area contributed by atoms with E-state index in [1.54, 1.807) is 33.8 Å². The predicted octanol–water partition coefficient (Wildman–Crippen LogP) is 12.7. The maximum Gasteiger partial charge on any atom is 0.267 e. The van der Waals surface area contributed by atoms with Crippen molar-refractivity contribution in [3.8, 4) is 0 Å². The van der Waals surface area contributed by atoms with E-state index < -0.39 is 200 Å². The number of ketones is 3. The average molecular weight is 1360 g/mol. The van der Waals surface area contributed by atoms with Gasteiger partial charge in [-0.05, 0) is 189 Å². The Morgan fingerprint density at radius 3 is 1.02 bits per heavy atom. The molecule has 0 atom stereocenters. The van der Waals surface area contributed by atoms with Crippen molar-refractivity contribution in [2.45, 2.75) is 118 Å². The molecule has 6 heterocycles. The quantitative estimate of drug-likeness (QED) is 0.0435. The Labute approximate surface area is 560 Å². The molecule has 0 saturated carbocycles. The number of hydrogen-bond acceptors (Lipinski definition) is 21. The number of carbonyl (C=O) groups is 6. The number of rotatable bonds is 18. The zero-order chi connectivity index (χ0) is 84.3. The number of Topliss-reactive ketones (excluding diaryl/α,β-unsaturated/α-hetero) is 3. The van der Waals surface area contributed by atoms with Gasteiger partial charge in [0.2, 0.25) is 17.7 Å². The Morgan fingerprint density at radius 2 is 0.733 bits per heavy atom. The van der Waals surface area contributed by atoms with Gasteiger partial charge in [-0.15, -0.1) is 34.0 Å². The smallest absolute Gasteiger partial charge is 0.267 e. The molecule has 3 amide bonds. The van der Waals surface area contributed by atoms with Crippen LogP contribution in [0, 0.1) is 82.7 Å². The first-order valence-corrected chi connectivity index (χ1v) is 32.3. The summed E-state index contributed by atoms with van der Waals surface area (Å²) in [5, 5.41) is 21.5. The van der Waals surface area contributed by atoms with Crippen molar-refractivity contribution in [2.24, 2.45) is 0 Å². The normalized spacial score (nSPS) is 15.6. The topological polar surface area (TPSA) is 355 Å². The third-order valence-electron chi connectivity index (χ3n) is 12.2. The molecule has 474 valence electrons. The van der Waals surface area contributed by atoms with Crippen molar-refractivity contribution in [1.29, 1.82) is 0 Å². The van der Waals surface area contributed by atoms with Crippen molar-refractivity contribution in [2.75, 3.05) is 30.1 Å². The standard InChI is InChI=1S/3C20H21N3O5S2/c3*1-10-8-11(2)17(15(9-10)14(5)24)21-19(25)18-16(6-7-29-18)30(26,27)23-20-12(3)13(4)22-28-20/h3*6-9,23H,1-5H3,(H,21,25)/i1D3,2D3,3D3,9D;1D3,2D3,9D;3D3,9D. The molecule has 9 rings (SSSR count). The number of benzene rings is 3. The number of thiophene rings is 3. The minimum Gasteiger partial charge on any atom is -0.337 e. The lowest BCUT2D eigenvalue weighted by Crippen LogP contribution is -2.20. The van der Waals surface area contributed by atoms with Gasteiger partial charge in [-0.1, -0.05) is 33.7 Å². The maximum atomic E-state index is 13.3. The van der Waals surface area contributed by atoms with Crippen molar-refractivity contribution in [3.05, 3.63) is 169 Å². The first kappa shape index (κ1) is 44.5. The van der Waals surface area contributed by atoms with Gasteiger partial charge in [0, 0.05) is 58.1 Å². The van der Waals surface area contributed by atoms with Crippen LogP contribution >= 0.6 is 34.0 Å². The zero-order valence-corrected chi connectivity index (χ0v) is 53.0. The Hall–Kier alpha value is -8.94. The van der Waals surface area contributed by atoms with Crippen LogP contribution in [0.2, 0.25) is 0 Å². The molecule has 0 saturated heterocycles. The fourth-order valence-electron chi connectivity index (χ4n) is 7.73. The van der Waals surface area contributed by atoms with Gasteiger partial charge in [-0.2, -0.15) is 0 Å². The minimum atomic E-state index is -4.68. The zero-order valence-electron chi connectivity index (χ0n) is 69.1. The molecule has 0 radical (unpaired) electrons. The van der Waals surface area contributed by atoms with E-state index in [1.807, 2.05) is 4.72 Å². The molecule has 9 aromatic rings. The number of sulfonamides is 3. The van der Waals surface area contributed by atoms with E-state index in [1.165, 1.54) is 43.0 Å². The highest BCUT2D eigenvalue weighted by atomic mass is 32.2. The van der Waals surface area contributed by atoms with Crippen LogP contribution in [-0.4, -0.2) is 75.8 Å². The highest BCUT2D eigenvalue weighted by Gasteiger charge is 2.31. The van der Waals surface area contributed by atoms with E-state index in [-0.39, 0.29) is 49.9 Å². The van der Waals surface area contributed by atoms with Crippen LogP contribution < -0.4 is 30.1 Å². The average Bonchev–Trinajstić information content (AvgIpc) is 1.47. The third kappa shape index (κ3) is 15.4. The molecule has 24 nitrogen and oxygen atoms in total. The van der Waals surface area contributed by atoms with Gasteiger partial charge in [0.1, 0.15) is 29.3 Å². The number of aryl methyl sites for hydroxylation is 9. The number of aromatic nitrogens is 3. The fraction of sp³-hybridized carbons (Fsp3) is 0.250. The van der Waals surface area contributed by atoms with Gasteiger partial charge in [0.15, 0.2) is 17.3 Å². The van der Waals surface area contributed by atoms with Crippen LogP contribution in [0.25, 0.3) is 0 Å². The lowest BCUT2D eigenvalue weighted by Gasteiger charge is -2.14. The molecular formula is C60H63N9O15S6. The summed E-state index contributed by atoms with van der Waals surface area (Å²) in [7, 11) is -13.5. The minimum absolute atomic E-state index is 0.00112. The molecule has 0 aliphatic heterocycles. The van der Waals surface area contributed by atoms with E-state index in [0.29, 0.717) is 39.8 Å². The highest BCUT2D eigenvalue weighted by Crippen LogP contribution is 2.34. The van der Waals surface area contributed by atoms with Crippen molar-refractivity contribution in [3.63, 3.8) is 0 Å². The van der Waals surface area contributed by atoms with E-state index in [2.05, 4.69) is 40.9 Å². The van der Waals surface area contributed by atoms with E-state index in [4.69, 9.17) is 42.4 Å². The number of nitrogens with one attached hydrogen (secondary N) is 6. The Bertz CT molecular complexity index is 5590. The Morgan fingerprint density at radius 1 is 0.433 bits per heavy atom. The molecule has 6 aromatic heterocycles. The van der Waals surface area contributed by atoms with E-state index in [9.17, 15) is 54.0 Å². The van der Waals surface area contributed by atoms with Crippen molar-refractivity contribution in [1.82, 2.24) is 15.5 Å². The number of nitrogens with zero attached hydrogens (tertiary/aromatic N) is 3. The predicted molar refractivity (Wildman–Crippen MR) is 345 cm³/mol. The van der Waals surface area contributed by atoms with Crippen LogP contribution in [0.4, 0.5) is 34.7 Å². The summed E-state index contributed by atoms with van der Waals surface area (Å²) in [6, 6.07) is 4.77. The van der Waals surface area contributed by atoms with E-state index in [0.717, 1.165) is 54.7 Å². The second-order valence-corrected chi connectivity index (χ2v) is 26.6. The first-order valence-electron chi connectivity index (χ1n) is 35.7. The molecule has 0 fully saturated rings. The second kappa shape index (κ2) is 27.4. The molecule has 6 N–H and O–H groups in total. The van der Waals surface area contributed by atoms with Gasteiger partial charge in [0.25, 0.3) is 47.8 Å². The van der Waals surface area contributed by atoms with Crippen LogP contribution in [0.15, 0.2) is 98.9 Å². The number of anilines is 6. The summed E-state index contributed by atoms with van der Waals surface area (Å²) >= 11 is 2.18. The summed E-state index contributed by atoms with van der Waals surface area (Å²) in [6.07, 6.45) is 0. The molecular weight excluding hydrogens is 1280 g/mol. The molecule has 0 aliphatic rings. The summed E-state index contributed by atoms with van der Waals surface area (Å²) in [5.41, 5.74) is -4.29. The number of hydrogen-bond donors (Lipinski definition) is 6. The Kier molecular flexibility index (Phi) is 13.6. The van der Waals surface area contributed by atoms with Gasteiger partial charge in [0.05, 0.1) is 38.3 Å². The summed E-state index contributed by atoms with van der Waals surface area (Å²) in [4.78, 5) is 74.0. The number of amides is 3. The summed E-state index contributed by atoms with van der Waals surface area (Å²) in [6.45, 7) is -5.03. The van der Waals surface area contributed by atoms with Gasteiger partial charge < -0.3 is 29.5 Å². The highest BCUT2D eigenvalue weighted by molar-refractivity contribution is 7.93. The molecule has 0 spiro atoms. The van der Waals surface area contributed by atoms with E-state index >= 15 is 0 Å². The maximum absolute atomic E-state index is 13.3. The van der Waals surface area contributed by atoms with Crippen LogP contribution in [-0.2, 0) is 30.1 Å². The molecule has 0 bridgehead atoms. The fourth-order valence-corrected chi connectivity index (χ4v) is 14.7. The first-order chi connectivity index (χ1) is 50.6. The second-order valence-electron chi connectivity index (χ2n) is 18.9. The van der Waals surface area contributed by atoms with Gasteiger partial charge in [-0.3, -0.25) is 28.8 Å². The van der Waals surface area contributed by atoms with Gasteiger partial charge >= 0.3 is 0 Å². The summed E-state index contributed by atoms with van der Waals surface area (Å²) < 4.78 is 262. The van der Waals surface area contributed by atoms with Crippen LogP contribution in [0.5, 0.6) is 0 Å². The third-order valence-corrected chi connectivity index (χ3v) is 19.5. The lowest BCUT2D eigenvalue weighted by atomic mass is 10.0.